The maximum atomic E-state index is 13.6. The molecule has 5 rings (SSSR count). The maximum Gasteiger partial charge on any atom is 0.289 e. The monoisotopic (exact) mass is 394 g/mol. The Kier molecular flexibility index (Phi) is 4.16. The van der Waals surface area contributed by atoms with Gasteiger partial charge in [0.25, 0.3) is 5.91 Å². The van der Waals surface area contributed by atoms with Crippen LogP contribution in [-0.2, 0) is 0 Å². The highest BCUT2D eigenvalue weighted by atomic mass is 32.1. The van der Waals surface area contributed by atoms with Crippen molar-refractivity contribution in [2.24, 2.45) is 0 Å². The van der Waals surface area contributed by atoms with E-state index in [9.17, 15) is 9.18 Å². The topological polar surface area (TPSA) is 46.3 Å². The van der Waals surface area contributed by atoms with Gasteiger partial charge in [-0.15, -0.1) is 11.3 Å². The lowest BCUT2D eigenvalue weighted by Crippen LogP contribution is -2.39. The number of amides is 1. The van der Waals surface area contributed by atoms with Crippen molar-refractivity contribution in [1.29, 1.82) is 0 Å². The van der Waals surface area contributed by atoms with Crippen LogP contribution < -0.4 is 0 Å². The molecule has 0 N–H and O–H groups in total. The number of aromatic nitrogens is 1. The fourth-order valence-electron chi connectivity index (χ4n) is 3.97. The molecule has 4 nitrogen and oxygen atoms in total. The predicted octanol–water partition coefficient (Wildman–Crippen LogP) is 5.51. The minimum Gasteiger partial charge on any atom is -0.451 e. The Hall–Kier alpha value is -2.73. The number of benzene rings is 2. The predicted molar refractivity (Wildman–Crippen MR) is 108 cm³/mol. The van der Waals surface area contributed by atoms with E-state index >= 15 is 0 Å². The number of furan rings is 1. The number of hydrogen-bond acceptors (Lipinski definition) is 4. The third kappa shape index (κ3) is 2.88. The van der Waals surface area contributed by atoms with E-state index in [-0.39, 0.29) is 17.6 Å². The van der Waals surface area contributed by atoms with E-state index in [1.807, 2.05) is 30.0 Å². The second-order valence-corrected chi connectivity index (χ2v) is 8.37. The Balaban J connectivity index is 1.43. The van der Waals surface area contributed by atoms with Crippen LogP contribution in [0.25, 0.3) is 21.2 Å². The third-order valence-corrected chi connectivity index (χ3v) is 6.66. The highest BCUT2D eigenvalue weighted by Gasteiger charge is 2.30. The standard InChI is InChI=1S/C22H19FN2O2S/c1-13-16-11-15(23)8-9-18(16)27-20(13)22(26)25-10-4-5-14(12-25)21-24-17-6-2-3-7-19(17)28-21/h2-3,6-9,11,14H,4-5,10,12H2,1H3. The minimum atomic E-state index is -0.329. The van der Waals surface area contributed by atoms with Gasteiger partial charge in [-0.05, 0) is 50.1 Å². The van der Waals surface area contributed by atoms with Crippen molar-refractivity contribution in [3.05, 3.63) is 64.6 Å². The molecule has 1 saturated heterocycles. The van der Waals surface area contributed by atoms with Crippen LogP contribution in [0, 0.1) is 12.7 Å². The van der Waals surface area contributed by atoms with Crippen LogP contribution in [0.5, 0.6) is 0 Å². The first-order chi connectivity index (χ1) is 13.6. The molecule has 1 unspecified atom stereocenters. The summed E-state index contributed by atoms with van der Waals surface area (Å²) in [6, 6.07) is 12.5. The number of piperidine rings is 1. The SMILES string of the molecule is Cc1c(C(=O)N2CCCC(c3nc4ccccc4s3)C2)oc2ccc(F)cc12. The molecule has 2 aromatic carbocycles. The molecule has 1 amide bonds. The van der Waals surface area contributed by atoms with Crippen LogP contribution in [-0.4, -0.2) is 28.9 Å². The molecular formula is C22H19FN2O2S. The van der Waals surface area contributed by atoms with Gasteiger partial charge >= 0.3 is 0 Å². The van der Waals surface area contributed by atoms with E-state index in [1.165, 1.54) is 16.8 Å². The van der Waals surface area contributed by atoms with Gasteiger partial charge in [-0.25, -0.2) is 9.37 Å². The van der Waals surface area contributed by atoms with Crippen molar-refractivity contribution < 1.29 is 13.6 Å². The fraction of sp³-hybridized carbons (Fsp3) is 0.273. The molecule has 0 spiro atoms. The Bertz CT molecular complexity index is 1160. The molecule has 28 heavy (non-hydrogen) atoms. The summed E-state index contributed by atoms with van der Waals surface area (Å²) in [5.41, 5.74) is 2.25. The second kappa shape index (κ2) is 6.71. The van der Waals surface area contributed by atoms with E-state index in [2.05, 4.69) is 6.07 Å². The molecule has 0 bridgehead atoms. The van der Waals surface area contributed by atoms with Crippen LogP contribution in [0.1, 0.15) is 39.9 Å². The van der Waals surface area contributed by atoms with Gasteiger partial charge < -0.3 is 9.32 Å². The molecule has 1 fully saturated rings. The molecule has 4 aromatic rings. The molecule has 2 aromatic heterocycles. The highest BCUT2D eigenvalue weighted by molar-refractivity contribution is 7.18. The number of para-hydroxylation sites is 1. The number of fused-ring (bicyclic) bond motifs is 2. The number of nitrogens with zero attached hydrogens (tertiary/aromatic N) is 2. The summed E-state index contributed by atoms with van der Waals surface area (Å²) in [5.74, 6) is 0.0898. The summed E-state index contributed by atoms with van der Waals surface area (Å²) in [5, 5.41) is 1.74. The van der Waals surface area contributed by atoms with Gasteiger partial charge in [-0.2, -0.15) is 0 Å². The summed E-state index contributed by atoms with van der Waals surface area (Å²) in [6.07, 6.45) is 1.95. The number of likely N-dealkylation sites (tertiary alicyclic amines) is 1. The number of carbonyl (C=O) groups excluding carboxylic acids is 1. The summed E-state index contributed by atoms with van der Waals surface area (Å²) >= 11 is 1.71. The third-order valence-electron chi connectivity index (χ3n) is 5.46. The maximum absolute atomic E-state index is 13.6. The summed E-state index contributed by atoms with van der Waals surface area (Å²) in [4.78, 5) is 19.8. The van der Waals surface area contributed by atoms with E-state index < -0.39 is 0 Å². The van der Waals surface area contributed by atoms with Crippen LogP contribution in [0.2, 0.25) is 0 Å². The van der Waals surface area contributed by atoms with Crippen LogP contribution >= 0.6 is 11.3 Å². The van der Waals surface area contributed by atoms with Crippen molar-refractivity contribution >= 4 is 38.4 Å². The van der Waals surface area contributed by atoms with Crippen molar-refractivity contribution in [1.82, 2.24) is 9.88 Å². The number of halogens is 1. The van der Waals surface area contributed by atoms with Crippen molar-refractivity contribution in [2.75, 3.05) is 13.1 Å². The number of thiazole rings is 1. The molecule has 0 aliphatic carbocycles. The van der Waals surface area contributed by atoms with Crippen LogP contribution in [0.4, 0.5) is 4.39 Å². The van der Waals surface area contributed by atoms with Crippen LogP contribution in [0.15, 0.2) is 46.9 Å². The molecule has 6 heteroatoms. The van der Waals surface area contributed by atoms with Gasteiger partial charge in [-0.1, -0.05) is 12.1 Å². The zero-order chi connectivity index (χ0) is 19.3. The smallest absolute Gasteiger partial charge is 0.289 e. The zero-order valence-electron chi connectivity index (χ0n) is 15.4. The van der Waals surface area contributed by atoms with Crippen LogP contribution in [0.3, 0.4) is 0 Å². The lowest BCUT2D eigenvalue weighted by Gasteiger charge is -2.31. The lowest BCUT2D eigenvalue weighted by molar-refractivity contribution is 0.0676. The molecule has 1 aliphatic rings. The second-order valence-electron chi connectivity index (χ2n) is 7.31. The van der Waals surface area contributed by atoms with Gasteiger partial charge in [0.2, 0.25) is 0 Å². The number of rotatable bonds is 2. The van der Waals surface area contributed by atoms with E-state index in [1.54, 1.807) is 17.4 Å². The molecule has 3 heterocycles. The highest BCUT2D eigenvalue weighted by Crippen LogP contribution is 2.34. The quantitative estimate of drug-likeness (QED) is 0.450. The van der Waals surface area contributed by atoms with Gasteiger partial charge in [0, 0.05) is 30.0 Å². The first-order valence-electron chi connectivity index (χ1n) is 9.43. The lowest BCUT2D eigenvalue weighted by atomic mass is 9.98. The summed E-state index contributed by atoms with van der Waals surface area (Å²) in [6.45, 7) is 3.14. The first kappa shape index (κ1) is 17.4. The average molecular weight is 394 g/mol. The Labute approximate surface area is 165 Å². The van der Waals surface area contributed by atoms with Gasteiger partial charge in [0.05, 0.1) is 15.2 Å². The zero-order valence-corrected chi connectivity index (χ0v) is 16.3. The molecule has 1 aliphatic heterocycles. The molecule has 0 saturated carbocycles. The Morgan fingerprint density at radius 2 is 2.14 bits per heavy atom. The number of hydrogen-bond donors (Lipinski definition) is 0. The van der Waals surface area contributed by atoms with Gasteiger partial charge in [0.1, 0.15) is 11.4 Å². The molecule has 0 radical (unpaired) electrons. The summed E-state index contributed by atoms with van der Waals surface area (Å²) in [7, 11) is 0. The fourth-order valence-corrected chi connectivity index (χ4v) is 5.06. The molecule has 1 atom stereocenters. The Morgan fingerprint density at radius 1 is 1.29 bits per heavy atom. The van der Waals surface area contributed by atoms with E-state index in [0.717, 1.165) is 23.4 Å². The summed E-state index contributed by atoms with van der Waals surface area (Å²) < 4.78 is 20.5. The van der Waals surface area contributed by atoms with E-state index in [4.69, 9.17) is 9.40 Å². The largest absolute Gasteiger partial charge is 0.451 e. The first-order valence-corrected chi connectivity index (χ1v) is 10.2. The number of carbonyl (C=O) groups is 1. The normalized spacial score (nSPS) is 17.5. The van der Waals surface area contributed by atoms with Gasteiger partial charge in [0.15, 0.2) is 5.76 Å². The molecular weight excluding hydrogens is 375 g/mol. The van der Waals surface area contributed by atoms with Crippen molar-refractivity contribution in [3.63, 3.8) is 0 Å². The Morgan fingerprint density at radius 3 is 3.00 bits per heavy atom. The minimum absolute atomic E-state index is 0.125. The average Bonchev–Trinajstić information content (AvgIpc) is 3.29. The number of aryl methyl sites for hydroxylation is 1. The molecule has 142 valence electrons. The van der Waals surface area contributed by atoms with Gasteiger partial charge in [-0.3, -0.25) is 4.79 Å². The van der Waals surface area contributed by atoms with Crippen molar-refractivity contribution in [3.8, 4) is 0 Å². The van der Waals surface area contributed by atoms with E-state index in [0.29, 0.717) is 35.4 Å². The van der Waals surface area contributed by atoms with Crippen molar-refractivity contribution in [2.45, 2.75) is 25.7 Å².